The Bertz CT molecular complexity index is 1130. The van der Waals surface area contributed by atoms with Gasteiger partial charge >= 0.3 is 6.03 Å². The maximum atomic E-state index is 13.6. The Morgan fingerprint density at radius 3 is 2.42 bits per heavy atom. The highest BCUT2D eigenvalue weighted by Gasteiger charge is 2.27. The molecule has 2 amide bonds. The number of carbonyl (C=O) groups is 1. The molecule has 0 spiro atoms. The number of amides is 2. The van der Waals surface area contributed by atoms with E-state index in [-0.39, 0.29) is 17.0 Å². The van der Waals surface area contributed by atoms with Crippen LogP contribution in [0.15, 0.2) is 48.5 Å². The van der Waals surface area contributed by atoms with Crippen molar-refractivity contribution in [2.45, 2.75) is 45.7 Å². The van der Waals surface area contributed by atoms with Gasteiger partial charge in [-0.05, 0) is 74.2 Å². The lowest BCUT2D eigenvalue weighted by atomic mass is 10.0. The lowest BCUT2D eigenvalue weighted by molar-refractivity contribution is 0.127. The average Bonchev–Trinajstić information content (AvgIpc) is 2.81. The number of nitrogens with zero attached hydrogens (tertiary/aromatic N) is 2. The first kappa shape index (κ1) is 14.5. The molecule has 5 nitrogen and oxygen atoms in total. The van der Waals surface area contributed by atoms with E-state index in [1.807, 2.05) is 13.8 Å². The maximum absolute atomic E-state index is 13.6. The predicted octanol–water partition coefficient (Wildman–Crippen LogP) is 4.67. The van der Waals surface area contributed by atoms with Gasteiger partial charge in [-0.3, -0.25) is 0 Å². The van der Waals surface area contributed by atoms with Crippen molar-refractivity contribution < 1.29 is 24.9 Å². The molecule has 2 aromatic carbocycles. The minimum Gasteiger partial charge on any atom is -0.493 e. The number of urea groups is 1. The van der Waals surface area contributed by atoms with E-state index in [9.17, 15) is 9.18 Å². The second-order valence-electron chi connectivity index (χ2n) is 7.71. The number of rotatable bonds is 8. The Kier molecular flexibility index (Phi) is 5.20. The van der Waals surface area contributed by atoms with Gasteiger partial charge in [-0.15, -0.1) is 0 Å². The van der Waals surface area contributed by atoms with Crippen LogP contribution in [-0.2, 0) is 13.0 Å². The number of carbonyl (C=O) groups excluding carboxylic acids is 1. The molecule has 1 N–H and O–H groups in total. The zero-order chi connectivity index (χ0) is 29.4. The highest BCUT2D eigenvalue weighted by Crippen LogP contribution is 2.19. The van der Waals surface area contributed by atoms with Crippen LogP contribution >= 0.6 is 0 Å². The minimum absolute atomic E-state index is 0.0593. The minimum atomic E-state index is -2.67. The fourth-order valence-electron chi connectivity index (χ4n) is 2.85. The van der Waals surface area contributed by atoms with Gasteiger partial charge in [0.15, 0.2) is 0 Å². The van der Waals surface area contributed by atoms with Crippen LogP contribution in [0.1, 0.15) is 48.8 Å². The molecule has 0 radical (unpaired) electrons. The molecule has 0 atom stereocenters. The molecule has 2 aromatic rings. The largest absolute Gasteiger partial charge is 0.493 e. The molecule has 0 saturated carbocycles. The van der Waals surface area contributed by atoms with Gasteiger partial charge in [-0.25, -0.2) is 9.18 Å². The van der Waals surface area contributed by atoms with Crippen molar-refractivity contribution in [3.63, 3.8) is 0 Å². The molecule has 6 heteroatoms. The molecule has 1 fully saturated rings. The molecule has 1 aliphatic rings. The number of hydrogen-bond donors (Lipinski definition) is 1. The van der Waals surface area contributed by atoms with Crippen LogP contribution in [0, 0.1) is 11.7 Å². The first-order chi connectivity index (χ1) is 17.9. The Morgan fingerprint density at radius 2 is 1.81 bits per heavy atom. The summed E-state index contributed by atoms with van der Waals surface area (Å²) >= 11 is 0. The number of halogens is 1. The maximum Gasteiger partial charge on any atom is 0.318 e. The second-order valence-corrected chi connectivity index (χ2v) is 7.71. The lowest BCUT2D eigenvalue weighted by Crippen LogP contribution is -2.49. The van der Waals surface area contributed by atoms with Gasteiger partial charge in [0.05, 0.1) is 12.1 Å². The standard InChI is InChI=1S/C25H34FN3O2/c1-19(2)18-31-24-10-6-20(7-11-24)16-27-25(30)29(23-12-14-28(3)15-13-23)17-21-4-8-22(26)9-5-21/h4-11,19,23H,12-18H2,1-3H3,(H,27,30)/i14D2,15D2,16D2,17D2. The number of ether oxygens (including phenoxy) is 1. The van der Waals surface area contributed by atoms with E-state index in [0.29, 0.717) is 17.3 Å². The highest BCUT2D eigenvalue weighted by atomic mass is 19.1. The first-order valence-corrected chi connectivity index (χ1v) is 10.2. The van der Waals surface area contributed by atoms with Crippen molar-refractivity contribution in [3.05, 3.63) is 65.5 Å². The molecule has 168 valence electrons. The van der Waals surface area contributed by atoms with E-state index in [1.54, 1.807) is 12.1 Å². The Labute approximate surface area is 196 Å². The van der Waals surface area contributed by atoms with Gasteiger partial charge in [0, 0.05) is 24.5 Å². The van der Waals surface area contributed by atoms with Gasteiger partial charge in [0.2, 0.25) is 0 Å². The van der Waals surface area contributed by atoms with E-state index in [4.69, 9.17) is 15.7 Å². The van der Waals surface area contributed by atoms with E-state index in [0.717, 1.165) is 29.2 Å². The van der Waals surface area contributed by atoms with Crippen molar-refractivity contribution in [3.8, 4) is 5.75 Å². The molecule has 1 aliphatic heterocycles. The summed E-state index contributed by atoms with van der Waals surface area (Å²) in [5.74, 6) is 0.170. The Morgan fingerprint density at radius 1 is 1.19 bits per heavy atom. The molecule has 0 unspecified atom stereocenters. The SMILES string of the molecule is [2H]C([2H])(NC(=O)N(C1CC([2H])([2H])N(C)C([2H])([2H])C1)C([2H])([2H])c1ccc(F)cc1)c1ccc(OCC(C)C)cc1. The topological polar surface area (TPSA) is 44.8 Å². The zero-order valence-corrected chi connectivity index (χ0v) is 18.0. The van der Waals surface area contributed by atoms with E-state index in [2.05, 4.69) is 5.32 Å². The molecule has 0 aromatic heterocycles. The van der Waals surface area contributed by atoms with Gasteiger partial charge in [-0.2, -0.15) is 0 Å². The van der Waals surface area contributed by atoms with E-state index >= 15 is 0 Å². The third-order valence-corrected chi connectivity index (χ3v) is 4.56. The number of likely N-dealkylation sites (tertiary alicyclic amines) is 1. The molecule has 1 heterocycles. The van der Waals surface area contributed by atoms with Crippen LogP contribution in [0.2, 0.25) is 0 Å². The predicted molar refractivity (Wildman–Crippen MR) is 121 cm³/mol. The average molecular weight is 436 g/mol. The molecule has 0 aliphatic carbocycles. The van der Waals surface area contributed by atoms with E-state index < -0.39 is 56.7 Å². The summed E-state index contributed by atoms with van der Waals surface area (Å²) in [6.45, 7) is -5.19. The van der Waals surface area contributed by atoms with Gasteiger partial charge in [-0.1, -0.05) is 38.1 Å². The summed E-state index contributed by atoms with van der Waals surface area (Å²) < 4.78 is 87.1. The summed E-state index contributed by atoms with van der Waals surface area (Å²) in [7, 11) is 1.27. The number of nitrogens with one attached hydrogen (secondary N) is 1. The number of hydrogen-bond acceptors (Lipinski definition) is 3. The highest BCUT2D eigenvalue weighted by molar-refractivity contribution is 5.74. The van der Waals surface area contributed by atoms with Crippen LogP contribution in [0.25, 0.3) is 0 Å². The smallest absolute Gasteiger partial charge is 0.318 e. The first-order valence-electron chi connectivity index (χ1n) is 14.2. The molecule has 31 heavy (non-hydrogen) atoms. The van der Waals surface area contributed by atoms with Crippen LogP contribution < -0.4 is 10.1 Å². The number of piperidine rings is 1. The van der Waals surface area contributed by atoms with Crippen molar-refractivity contribution in [2.24, 2.45) is 5.92 Å². The van der Waals surface area contributed by atoms with Crippen LogP contribution in [0.4, 0.5) is 9.18 Å². The quantitative estimate of drug-likeness (QED) is 0.656. The lowest BCUT2D eigenvalue weighted by Gasteiger charge is -2.37. The summed E-state index contributed by atoms with van der Waals surface area (Å²) in [4.78, 5) is 15.2. The number of benzene rings is 2. The normalized spacial score (nSPS) is 23.1. The molecule has 0 bridgehead atoms. The summed E-state index contributed by atoms with van der Waals surface area (Å²) in [6.07, 6.45) is -0.885. The van der Waals surface area contributed by atoms with Crippen molar-refractivity contribution in [1.29, 1.82) is 0 Å². The molecular formula is C25H34FN3O2. The molecule has 3 rings (SSSR count). The van der Waals surface area contributed by atoms with Crippen LogP contribution in [-0.4, -0.2) is 48.5 Å². The van der Waals surface area contributed by atoms with Gasteiger partial charge < -0.3 is 19.9 Å². The fourth-order valence-corrected chi connectivity index (χ4v) is 2.85. The summed E-state index contributed by atoms with van der Waals surface area (Å²) in [6, 6.07) is 7.75. The summed E-state index contributed by atoms with van der Waals surface area (Å²) in [5.41, 5.74) is -0.0737. The van der Waals surface area contributed by atoms with Crippen LogP contribution in [0.5, 0.6) is 5.75 Å². The fraction of sp³-hybridized carbons (Fsp3) is 0.480. The van der Waals surface area contributed by atoms with Crippen molar-refractivity contribution >= 4 is 6.03 Å². The Balaban J connectivity index is 1.96. The Hall–Kier alpha value is -2.60. The third kappa shape index (κ3) is 7.24. The van der Waals surface area contributed by atoms with Crippen molar-refractivity contribution in [2.75, 3.05) is 26.6 Å². The monoisotopic (exact) mass is 435 g/mol. The molecular weight excluding hydrogens is 393 g/mol. The zero-order valence-electron chi connectivity index (χ0n) is 26.0. The summed E-state index contributed by atoms with van der Waals surface area (Å²) in [5, 5.41) is 2.20. The molecule has 1 saturated heterocycles. The van der Waals surface area contributed by atoms with Crippen LogP contribution in [0.3, 0.4) is 0 Å². The van der Waals surface area contributed by atoms with E-state index in [1.165, 1.54) is 19.2 Å². The third-order valence-electron chi connectivity index (χ3n) is 4.56. The van der Waals surface area contributed by atoms with Crippen molar-refractivity contribution in [1.82, 2.24) is 15.1 Å². The van der Waals surface area contributed by atoms with Gasteiger partial charge in [0.1, 0.15) is 11.6 Å². The van der Waals surface area contributed by atoms with Gasteiger partial charge in [0.25, 0.3) is 0 Å². The second kappa shape index (κ2) is 11.1.